The fourth-order valence-electron chi connectivity index (χ4n) is 1.54. The SMILES string of the molecule is C=CC[N+](CC=C)(CC=C)CC=C.[Cl-]. The van der Waals surface area contributed by atoms with Crippen LogP contribution in [0.3, 0.4) is 0 Å². The molecular formula is C12H20ClN. The molecule has 14 heavy (non-hydrogen) atoms. The highest BCUT2D eigenvalue weighted by atomic mass is 35.5. The highest BCUT2D eigenvalue weighted by molar-refractivity contribution is 4.79. The average Bonchev–Trinajstić information content (AvgIpc) is 2.06. The van der Waals surface area contributed by atoms with E-state index in [0.29, 0.717) is 0 Å². The predicted molar refractivity (Wildman–Crippen MR) is 60.5 cm³/mol. The lowest BCUT2D eigenvalue weighted by molar-refractivity contribution is -0.906. The predicted octanol–water partition coefficient (Wildman–Crippen LogP) is -0.449. The molecule has 0 fully saturated rings. The molecule has 0 aliphatic rings. The van der Waals surface area contributed by atoms with Gasteiger partial charge in [-0.2, -0.15) is 0 Å². The van der Waals surface area contributed by atoms with E-state index in [1.165, 1.54) is 0 Å². The Balaban J connectivity index is 0. The highest BCUT2D eigenvalue weighted by Crippen LogP contribution is 2.07. The van der Waals surface area contributed by atoms with E-state index in [9.17, 15) is 0 Å². The summed E-state index contributed by atoms with van der Waals surface area (Å²) in [5.41, 5.74) is 0. The zero-order chi connectivity index (χ0) is 10.2. The van der Waals surface area contributed by atoms with Crippen molar-refractivity contribution in [1.82, 2.24) is 0 Å². The topological polar surface area (TPSA) is 0 Å². The Morgan fingerprint density at radius 1 is 0.643 bits per heavy atom. The Labute approximate surface area is 94.1 Å². The monoisotopic (exact) mass is 213 g/mol. The molecule has 0 heterocycles. The smallest absolute Gasteiger partial charge is 0.0978 e. The first-order valence-electron chi connectivity index (χ1n) is 4.53. The van der Waals surface area contributed by atoms with Crippen LogP contribution in [0.4, 0.5) is 0 Å². The molecule has 1 nitrogen and oxygen atoms in total. The maximum absolute atomic E-state index is 3.77. The Kier molecular flexibility index (Phi) is 9.84. The van der Waals surface area contributed by atoms with Gasteiger partial charge in [-0.25, -0.2) is 0 Å². The molecule has 80 valence electrons. The van der Waals surface area contributed by atoms with Crippen LogP contribution >= 0.6 is 0 Å². The fraction of sp³-hybridized carbons (Fsp3) is 0.333. The molecule has 0 aromatic carbocycles. The highest BCUT2D eigenvalue weighted by Gasteiger charge is 2.20. The van der Waals surface area contributed by atoms with Crippen molar-refractivity contribution in [1.29, 1.82) is 0 Å². The van der Waals surface area contributed by atoms with Crippen molar-refractivity contribution in [2.45, 2.75) is 0 Å². The standard InChI is InChI=1S/C12H20N.ClH/c1-5-9-13(10-6-2,11-7-3)12-8-4;/h5-8H,1-4,9-12H2;1H/q+1;/p-1. The summed E-state index contributed by atoms with van der Waals surface area (Å²) in [5.74, 6) is 0. The number of hydrogen-bond acceptors (Lipinski definition) is 0. The van der Waals surface area contributed by atoms with E-state index in [4.69, 9.17) is 0 Å². The van der Waals surface area contributed by atoms with Crippen LogP contribution < -0.4 is 12.4 Å². The van der Waals surface area contributed by atoms with Crippen LogP contribution in [0.1, 0.15) is 0 Å². The second-order valence-electron chi connectivity index (χ2n) is 3.23. The molecule has 0 rings (SSSR count). The number of halogens is 1. The Hall–Kier alpha value is -0.790. The summed E-state index contributed by atoms with van der Waals surface area (Å²) in [7, 11) is 0. The van der Waals surface area contributed by atoms with Gasteiger partial charge in [-0.1, -0.05) is 26.3 Å². The maximum atomic E-state index is 3.77. The Bertz CT molecular complexity index is 151. The lowest BCUT2D eigenvalue weighted by Gasteiger charge is -2.35. The lowest BCUT2D eigenvalue weighted by Crippen LogP contribution is -3.00. The van der Waals surface area contributed by atoms with Gasteiger partial charge >= 0.3 is 0 Å². The minimum absolute atomic E-state index is 0. The molecule has 0 aromatic rings. The van der Waals surface area contributed by atoms with Crippen LogP contribution in [0.2, 0.25) is 0 Å². The molecule has 0 spiro atoms. The van der Waals surface area contributed by atoms with Crippen molar-refractivity contribution in [3.05, 3.63) is 50.6 Å². The fourth-order valence-corrected chi connectivity index (χ4v) is 1.54. The lowest BCUT2D eigenvalue weighted by atomic mass is 10.3. The number of rotatable bonds is 8. The molecule has 0 amide bonds. The summed E-state index contributed by atoms with van der Waals surface area (Å²) < 4.78 is 0.903. The van der Waals surface area contributed by atoms with Crippen molar-refractivity contribution < 1.29 is 16.9 Å². The molecule has 0 saturated heterocycles. The molecule has 0 aliphatic heterocycles. The summed E-state index contributed by atoms with van der Waals surface area (Å²) in [6.07, 6.45) is 7.76. The van der Waals surface area contributed by atoms with Crippen molar-refractivity contribution in [2.24, 2.45) is 0 Å². The molecule has 0 N–H and O–H groups in total. The number of nitrogens with zero attached hydrogens (tertiary/aromatic N) is 1. The zero-order valence-electron chi connectivity index (χ0n) is 8.79. The van der Waals surface area contributed by atoms with Gasteiger partial charge in [0, 0.05) is 0 Å². The van der Waals surface area contributed by atoms with Gasteiger partial charge in [0.25, 0.3) is 0 Å². The molecule has 2 heteroatoms. The van der Waals surface area contributed by atoms with Crippen molar-refractivity contribution in [3.63, 3.8) is 0 Å². The third kappa shape index (κ3) is 5.05. The first-order chi connectivity index (χ1) is 6.24. The number of hydrogen-bond donors (Lipinski definition) is 0. The Morgan fingerprint density at radius 2 is 0.857 bits per heavy atom. The van der Waals surface area contributed by atoms with E-state index < -0.39 is 0 Å². The third-order valence-corrected chi connectivity index (χ3v) is 2.07. The van der Waals surface area contributed by atoms with Crippen LogP contribution in [-0.4, -0.2) is 30.7 Å². The maximum Gasteiger partial charge on any atom is 0.0978 e. The van der Waals surface area contributed by atoms with Crippen molar-refractivity contribution >= 4 is 0 Å². The van der Waals surface area contributed by atoms with Crippen LogP contribution in [0.25, 0.3) is 0 Å². The van der Waals surface area contributed by atoms with Gasteiger partial charge in [0.05, 0.1) is 26.2 Å². The van der Waals surface area contributed by atoms with Gasteiger partial charge in [0.2, 0.25) is 0 Å². The molecule has 0 aliphatic carbocycles. The minimum atomic E-state index is 0. The second-order valence-corrected chi connectivity index (χ2v) is 3.23. The van der Waals surface area contributed by atoms with Gasteiger partial charge in [-0.05, 0) is 24.3 Å². The minimum Gasteiger partial charge on any atom is -1.00 e. The van der Waals surface area contributed by atoms with Crippen LogP contribution in [0.15, 0.2) is 50.6 Å². The summed E-state index contributed by atoms with van der Waals surface area (Å²) in [5, 5.41) is 0. The normalized spacial score (nSPS) is 9.71. The van der Waals surface area contributed by atoms with Crippen LogP contribution in [0.5, 0.6) is 0 Å². The molecule has 0 atom stereocenters. The first-order valence-corrected chi connectivity index (χ1v) is 4.53. The Morgan fingerprint density at radius 3 is 1.00 bits per heavy atom. The van der Waals surface area contributed by atoms with Gasteiger partial charge in [0.15, 0.2) is 0 Å². The zero-order valence-corrected chi connectivity index (χ0v) is 9.55. The van der Waals surface area contributed by atoms with Gasteiger partial charge in [0.1, 0.15) is 0 Å². The molecule has 0 bridgehead atoms. The summed E-state index contributed by atoms with van der Waals surface area (Å²) in [4.78, 5) is 0. The van der Waals surface area contributed by atoms with Gasteiger partial charge in [-0.15, -0.1) is 0 Å². The largest absolute Gasteiger partial charge is 1.00 e. The third-order valence-electron chi connectivity index (χ3n) is 2.07. The van der Waals surface area contributed by atoms with Gasteiger partial charge in [-0.3, -0.25) is 0 Å². The van der Waals surface area contributed by atoms with Gasteiger partial charge < -0.3 is 16.9 Å². The van der Waals surface area contributed by atoms with Crippen molar-refractivity contribution in [2.75, 3.05) is 26.2 Å². The van der Waals surface area contributed by atoms with E-state index in [1.807, 2.05) is 24.3 Å². The summed E-state index contributed by atoms with van der Waals surface area (Å²) >= 11 is 0. The van der Waals surface area contributed by atoms with E-state index >= 15 is 0 Å². The summed E-state index contributed by atoms with van der Waals surface area (Å²) in [6.45, 7) is 18.8. The molecule has 0 unspecified atom stereocenters. The molecule has 0 radical (unpaired) electrons. The van der Waals surface area contributed by atoms with E-state index in [0.717, 1.165) is 30.7 Å². The van der Waals surface area contributed by atoms with E-state index in [2.05, 4.69) is 26.3 Å². The number of quaternary nitrogens is 1. The second kappa shape index (κ2) is 8.79. The first kappa shape index (κ1) is 15.7. The quantitative estimate of drug-likeness (QED) is 0.379. The summed E-state index contributed by atoms with van der Waals surface area (Å²) in [6, 6.07) is 0. The molecule has 0 saturated carbocycles. The average molecular weight is 214 g/mol. The van der Waals surface area contributed by atoms with Crippen molar-refractivity contribution in [3.8, 4) is 0 Å². The van der Waals surface area contributed by atoms with Crippen LogP contribution in [0, 0.1) is 0 Å². The van der Waals surface area contributed by atoms with E-state index in [1.54, 1.807) is 0 Å². The van der Waals surface area contributed by atoms with E-state index in [-0.39, 0.29) is 12.4 Å². The van der Waals surface area contributed by atoms with Crippen LogP contribution in [-0.2, 0) is 0 Å². The molecule has 0 aromatic heterocycles. The molecular weight excluding hydrogens is 194 g/mol.